The van der Waals surface area contributed by atoms with Crippen molar-refractivity contribution in [3.05, 3.63) is 72.8 Å². The molecule has 6 aromatic carbocycles. The van der Waals surface area contributed by atoms with Crippen LogP contribution >= 0.6 is 0 Å². The van der Waals surface area contributed by atoms with Gasteiger partial charge < -0.3 is 50.1 Å². The Labute approximate surface area is 325 Å². The van der Waals surface area contributed by atoms with E-state index in [9.17, 15) is 72.3 Å². The van der Waals surface area contributed by atoms with Gasteiger partial charge in [-0.15, -0.1) is 10.2 Å². The number of rotatable bonds is 9. The van der Waals surface area contributed by atoms with Crippen LogP contribution in [0.15, 0.2) is 113 Å². The van der Waals surface area contributed by atoms with E-state index in [1.807, 2.05) is 0 Å². The van der Waals surface area contributed by atoms with Gasteiger partial charge in [0.05, 0.1) is 42.3 Å². The third-order valence-corrected chi connectivity index (χ3v) is 11.5. The molecule has 0 amide bonds. The molecule has 6 aromatic rings. The van der Waals surface area contributed by atoms with Gasteiger partial charge in [0.15, 0.2) is 0 Å². The van der Waals surface area contributed by atoms with Crippen molar-refractivity contribution in [2.75, 3.05) is 11.5 Å². The molecule has 0 aliphatic rings. The number of anilines is 2. The highest BCUT2D eigenvalue weighted by Gasteiger charge is 2.19. The van der Waals surface area contributed by atoms with Crippen LogP contribution in [-0.4, -0.2) is 51.9 Å². The molecule has 0 fully saturated rings. The third kappa shape index (κ3) is 7.88. The Kier molecular flexibility index (Phi) is 10.0. The van der Waals surface area contributed by atoms with Crippen molar-refractivity contribution in [3.8, 4) is 34.1 Å². The molecular formula is C32H16N6O16S4-8. The van der Waals surface area contributed by atoms with E-state index in [0.717, 1.165) is 24.3 Å². The average molecular weight is 869 g/mol. The Hall–Kier alpha value is -6.52. The van der Waals surface area contributed by atoms with Crippen LogP contribution in [0.5, 0.6) is 23.0 Å². The number of hydrogen-bond acceptors (Lipinski definition) is 22. The molecule has 0 heterocycles. The highest BCUT2D eigenvalue weighted by Crippen LogP contribution is 2.45. The number of hydrogen-bond donors (Lipinski definition) is 2. The summed E-state index contributed by atoms with van der Waals surface area (Å²) in [5.41, 5.74) is 7.32. The zero-order valence-electron chi connectivity index (χ0n) is 28.0. The summed E-state index contributed by atoms with van der Waals surface area (Å²) < 4.78 is 141. The number of nitrogens with zero attached hydrogens (tertiary/aromatic N) is 4. The Morgan fingerprint density at radius 2 is 0.776 bits per heavy atom. The summed E-state index contributed by atoms with van der Waals surface area (Å²) in [6, 6.07) is 10.1. The minimum Gasteiger partial charge on any atom is -0.871 e. The van der Waals surface area contributed by atoms with Crippen LogP contribution in [0.4, 0.5) is 34.1 Å². The van der Waals surface area contributed by atoms with E-state index in [-0.39, 0.29) is 11.1 Å². The predicted molar refractivity (Wildman–Crippen MR) is 187 cm³/mol. The predicted octanol–water partition coefficient (Wildman–Crippen LogP) is 1.57. The van der Waals surface area contributed by atoms with Crippen molar-refractivity contribution in [3.63, 3.8) is 0 Å². The Balaban J connectivity index is 1.34. The summed E-state index contributed by atoms with van der Waals surface area (Å²) >= 11 is 0. The summed E-state index contributed by atoms with van der Waals surface area (Å²) in [4.78, 5) is -4.38. The zero-order valence-corrected chi connectivity index (χ0v) is 31.3. The molecular weight excluding hydrogens is 853 g/mol. The van der Waals surface area contributed by atoms with Gasteiger partial charge in [-0.3, -0.25) is 0 Å². The second-order valence-electron chi connectivity index (χ2n) is 11.9. The molecule has 22 nitrogen and oxygen atoms in total. The molecule has 0 saturated heterocycles. The summed E-state index contributed by atoms with van der Waals surface area (Å²) in [5, 5.41) is 64.5. The second kappa shape index (κ2) is 14.1. The minimum atomic E-state index is -5.50. The molecule has 302 valence electrons. The SMILES string of the molecule is Nc1cc(S(=O)(=O)[O-])cc2cc(S(=O)(=O)[O-])c(N=Nc3ccc(-c4ccc(N=Nc5c(S(=O)(=O)[O-])cc6cc(S(=O)(=O)[O-])cc(N)c6c5[O-])c([O-])c4)cc3[O-])c([O-])c12. The molecule has 0 bridgehead atoms. The zero-order chi connectivity index (χ0) is 42.9. The lowest BCUT2D eigenvalue weighted by molar-refractivity contribution is -0.268. The second-order valence-corrected chi connectivity index (χ2v) is 17.4. The molecule has 0 aliphatic carbocycles. The smallest absolute Gasteiger partial charge is 0.126 e. The van der Waals surface area contributed by atoms with Crippen LogP contribution in [0.25, 0.3) is 32.7 Å². The lowest BCUT2D eigenvalue weighted by Gasteiger charge is -2.21. The first-order chi connectivity index (χ1) is 26.8. The van der Waals surface area contributed by atoms with Crippen molar-refractivity contribution in [1.82, 2.24) is 0 Å². The fourth-order valence-corrected chi connectivity index (χ4v) is 7.94. The van der Waals surface area contributed by atoms with Gasteiger partial charge in [0.2, 0.25) is 0 Å². The third-order valence-electron chi connectivity index (χ3n) is 8.15. The van der Waals surface area contributed by atoms with E-state index < -0.39 is 139 Å². The monoisotopic (exact) mass is 868 g/mol. The van der Waals surface area contributed by atoms with Gasteiger partial charge in [-0.2, -0.15) is 10.2 Å². The van der Waals surface area contributed by atoms with E-state index in [0.29, 0.717) is 36.4 Å². The van der Waals surface area contributed by atoms with Gasteiger partial charge in [-0.05, 0) is 81.2 Å². The largest absolute Gasteiger partial charge is 0.871 e. The van der Waals surface area contributed by atoms with E-state index >= 15 is 0 Å². The molecule has 0 radical (unpaired) electrons. The van der Waals surface area contributed by atoms with Gasteiger partial charge in [0, 0.05) is 11.4 Å². The highest BCUT2D eigenvalue weighted by atomic mass is 32.2. The maximum atomic E-state index is 13.2. The van der Waals surface area contributed by atoms with Crippen molar-refractivity contribution >= 4 is 96.1 Å². The van der Waals surface area contributed by atoms with Crippen LogP contribution in [0, 0.1) is 0 Å². The van der Waals surface area contributed by atoms with E-state index in [1.54, 1.807) is 0 Å². The topological polar surface area (TPSA) is 423 Å². The lowest BCUT2D eigenvalue weighted by atomic mass is 10.0. The molecule has 4 N–H and O–H groups in total. The summed E-state index contributed by atoms with van der Waals surface area (Å²) in [6.45, 7) is 0. The molecule has 0 spiro atoms. The molecule has 0 aliphatic heterocycles. The van der Waals surface area contributed by atoms with E-state index in [2.05, 4.69) is 20.5 Å². The maximum absolute atomic E-state index is 13.2. The van der Waals surface area contributed by atoms with Crippen LogP contribution in [0.2, 0.25) is 0 Å². The van der Waals surface area contributed by atoms with Gasteiger partial charge >= 0.3 is 0 Å². The fourth-order valence-electron chi connectivity index (χ4n) is 5.57. The molecule has 6 rings (SSSR count). The molecule has 26 heteroatoms. The van der Waals surface area contributed by atoms with Gasteiger partial charge in [-0.25, -0.2) is 33.7 Å². The van der Waals surface area contributed by atoms with Crippen LogP contribution in [0.1, 0.15) is 0 Å². The van der Waals surface area contributed by atoms with Crippen molar-refractivity contribution < 1.29 is 72.3 Å². The number of nitrogen functional groups attached to an aromatic ring is 2. The fraction of sp³-hybridized carbons (Fsp3) is 0. The number of nitrogens with two attached hydrogens (primary N) is 2. The van der Waals surface area contributed by atoms with Crippen LogP contribution in [0.3, 0.4) is 0 Å². The Morgan fingerprint density at radius 3 is 1.07 bits per heavy atom. The first kappa shape index (κ1) is 41.1. The average Bonchev–Trinajstić information content (AvgIpc) is 3.09. The van der Waals surface area contributed by atoms with Crippen LogP contribution in [-0.2, 0) is 40.5 Å². The molecule has 0 saturated carbocycles. The minimum absolute atomic E-state index is 0.0746. The summed E-state index contributed by atoms with van der Waals surface area (Å²) in [7, 11) is -21.3. The number of fused-ring (bicyclic) bond motifs is 2. The van der Waals surface area contributed by atoms with Gasteiger partial charge in [0.25, 0.3) is 0 Å². The molecule has 0 unspecified atom stereocenters. The normalized spacial score (nSPS) is 13.0. The Bertz CT molecular complexity index is 3080. The summed E-state index contributed by atoms with van der Waals surface area (Å²) in [6.07, 6.45) is 0. The molecule has 0 atom stereocenters. The van der Waals surface area contributed by atoms with Crippen molar-refractivity contribution in [2.24, 2.45) is 20.5 Å². The van der Waals surface area contributed by atoms with Crippen molar-refractivity contribution in [2.45, 2.75) is 19.6 Å². The Morgan fingerprint density at radius 1 is 0.431 bits per heavy atom. The quantitative estimate of drug-likeness (QED) is 0.118. The van der Waals surface area contributed by atoms with E-state index in [4.69, 9.17) is 11.5 Å². The van der Waals surface area contributed by atoms with Gasteiger partial charge in [-0.1, -0.05) is 47.3 Å². The molecule has 0 aromatic heterocycles. The molecule has 58 heavy (non-hydrogen) atoms. The highest BCUT2D eigenvalue weighted by molar-refractivity contribution is 7.86. The number of benzene rings is 6. The maximum Gasteiger partial charge on any atom is 0.126 e. The van der Waals surface area contributed by atoms with Crippen LogP contribution < -0.4 is 31.9 Å². The first-order valence-corrected chi connectivity index (χ1v) is 20.8. The standard InChI is InChI=1S/C32H24N6O16S4/c33-19-11-17(55(43,44)45)5-15-9-25(57(49,50)51)29(31(41)27(15)19)37-35-21-3-1-13(7-23(21)39)14-2-4-22(24(40)8-14)36-38-30-26(58(52,53)54)10-16-6-18(56(46,47)48)12-20(34)28(16)32(30)42/h1-12,39-42H,33-34H2,(H,43,44,45)(H,46,47,48)(H,49,50,51)(H,52,53,54)/p-8. The lowest BCUT2D eigenvalue weighted by Crippen LogP contribution is -2.06. The number of azo groups is 2. The van der Waals surface area contributed by atoms with Crippen molar-refractivity contribution in [1.29, 1.82) is 0 Å². The van der Waals surface area contributed by atoms with E-state index in [1.165, 1.54) is 12.1 Å². The van der Waals surface area contributed by atoms with Gasteiger partial charge in [0.1, 0.15) is 40.5 Å². The summed E-state index contributed by atoms with van der Waals surface area (Å²) in [5.74, 6) is -4.43. The first-order valence-electron chi connectivity index (χ1n) is 15.2.